The molecule has 0 atom stereocenters. The molecule has 0 bridgehead atoms. The maximum absolute atomic E-state index is 13.7. The van der Waals surface area contributed by atoms with Gasteiger partial charge in [0.2, 0.25) is 0 Å². The average Bonchev–Trinajstić information content (AvgIpc) is 3.36. The van der Waals surface area contributed by atoms with Crippen molar-refractivity contribution in [3.05, 3.63) is 64.2 Å². The summed E-state index contributed by atoms with van der Waals surface area (Å²) in [5.41, 5.74) is 5.87. The van der Waals surface area contributed by atoms with E-state index < -0.39 is 0 Å². The van der Waals surface area contributed by atoms with E-state index in [9.17, 15) is 4.79 Å². The van der Waals surface area contributed by atoms with Gasteiger partial charge in [0.15, 0.2) is 0 Å². The van der Waals surface area contributed by atoms with E-state index in [1.54, 1.807) is 11.3 Å². The Kier molecular flexibility index (Phi) is 4.02. The number of thiophene rings is 1. The topological polar surface area (TPSA) is 59.2 Å². The van der Waals surface area contributed by atoms with Crippen LogP contribution in [0.4, 0.5) is 5.69 Å². The molecule has 0 spiro atoms. The third-order valence-corrected chi connectivity index (χ3v) is 6.11. The molecule has 1 aromatic carbocycles. The Bertz CT molecular complexity index is 1190. The van der Waals surface area contributed by atoms with E-state index in [0.29, 0.717) is 28.9 Å². The Morgan fingerprint density at radius 1 is 1.21 bits per heavy atom. The van der Waals surface area contributed by atoms with Crippen LogP contribution in [0.15, 0.2) is 46.3 Å². The quantitative estimate of drug-likeness (QED) is 0.475. The Morgan fingerprint density at radius 3 is 2.93 bits per heavy atom. The molecule has 0 saturated carbocycles. The number of hydrogen-bond donors (Lipinski definition) is 0. The van der Waals surface area contributed by atoms with Gasteiger partial charge in [0.25, 0.3) is 11.6 Å². The molecule has 0 saturated heterocycles. The highest BCUT2D eigenvalue weighted by Crippen LogP contribution is 2.33. The Morgan fingerprint density at radius 2 is 2.11 bits per heavy atom. The molecule has 4 aromatic rings. The third kappa shape index (κ3) is 2.72. The maximum atomic E-state index is 13.7. The minimum Gasteiger partial charge on any atom is -0.335 e. The highest BCUT2D eigenvalue weighted by atomic mass is 32.1. The molecular formula is C22H19N3O2S. The van der Waals surface area contributed by atoms with E-state index in [-0.39, 0.29) is 5.91 Å². The van der Waals surface area contributed by atoms with Gasteiger partial charge in [-0.2, -0.15) is 0 Å². The molecule has 0 fully saturated rings. The van der Waals surface area contributed by atoms with Gasteiger partial charge < -0.3 is 9.42 Å². The monoisotopic (exact) mass is 389 g/mol. The number of pyridine rings is 1. The first-order valence-electron chi connectivity index (χ1n) is 9.34. The average molecular weight is 389 g/mol. The first-order valence-corrected chi connectivity index (χ1v) is 10.2. The molecule has 3 aromatic heterocycles. The Hall–Kier alpha value is -2.99. The van der Waals surface area contributed by atoms with Gasteiger partial charge in [-0.05, 0) is 55.8 Å². The molecule has 4 heterocycles. The van der Waals surface area contributed by atoms with Crippen LogP contribution in [0.2, 0.25) is 0 Å². The summed E-state index contributed by atoms with van der Waals surface area (Å²) in [7, 11) is 0. The van der Waals surface area contributed by atoms with Crippen LogP contribution < -0.4 is 4.90 Å². The Balaban J connectivity index is 1.67. The van der Waals surface area contributed by atoms with Gasteiger partial charge in [0, 0.05) is 12.2 Å². The molecule has 0 radical (unpaired) electrons. The van der Waals surface area contributed by atoms with Crippen LogP contribution in [0, 0.1) is 13.8 Å². The summed E-state index contributed by atoms with van der Waals surface area (Å²) in [6.45, 7) is 4.64. The van der Waals surface area contributed by atoms with E-state index in [0.717, 1.165) is 29.1 Å². The number of carbonyl (C=O) groups is 1. The first-order chi connectivity index (χ1) is 13.6. The van der Waals surface area contributed by atoms with Crippen molar-refractivity contribution in [3.8, 4) is 10.6 Å². The molecule has 140 valence electrons. The molecule has 5 nitrogen and oxygen atoms in total. The molecular weight excluding hydrogens is 370 g/mol. The summed E-state index contributed by atoms with van der Waals surface area (Å²) in [4.78, 5) is 21.1. The van der Waals surface area contributed by atoms with Gasteiger partial charge in [-0.25, -0.2) is 4.98 Å². The number of amides is 1. The van der Waals surface area contributed by atoms with Gasteiger partial charge in [0.1, 0.15) is 0 Å². The summed E-state index contributed by atoms with van der Waals surface area (Å²) in [6.07, 6.45) is 1.95. The molecule has 0 aliphatic carbocycles. The van der Waals surface area contributed by atoms with Crippen LogP contribution >= 0.6 is 11.3 Å². The summed E-state index contributed by atoms with van der Waals surface area (Å²) in [6, 6.07) is 12.1. The van der Waals surface area contributed by atoms with Crippen molar-refractivity contribution in [2.75, 3.05) is 11.4 Å². The van der Waals surface area contributed by atoms with Crippen LogP contribution in [-0.4, -0.2) is 22.6 Å². The summed E-state index contributed by atoms with van der Waals surface area (Å²) >= 11 is 1.59. The van der Waals surface area contributed by atoms with Crippen molar-refractivity contribution in [1.29, 1.82) is 0 Å². The number of anilines is 1. The highest BCUT2D eigenvalue weighted by molar-refractivity contribution is 7.13. The van der Waals surface area contributed by atoms with E-state index in [1.165, 1.54) is 11.1 Å². The van der Waals surface area contributed by atoms with Crippen LogP contribution in [0.3, 0.4) is 0 Å². The number of aromatic nitrogens is 2. The van der Waals surface area contributed by atoms with Crippen LogP contribution in [0.5, 0.6) is 0 Å². The fourth-order valence-corrected chi connectivity index (χ4v) is 4.58. The second-order valence-corrected chi connectivity index (χ2v) is 8.12. The van der Waals surface area contributed by atoms with Crippen molar-refractivity contribution in [3.63, 3.8) is 0 Å². The highest BCUT2D eigenvalue weighted by Gasteiger charge is 2.27. The number of hydrogen-bond acceptors (Lipinski definition) is 5. The number of fused-ring (bicyclic) bond motifs is 2. The molecule has 0 unspecified atom stereocenters. The summed E-state index contributed by atoms with van der Waals surface area (Å²) in [5, 5.41) is 6.75. The van der Waals surface area contributed by atoms with Gasteiger partial charge in [0.05, 0.1) is 27.2 Å². The molecule has 1 aliphatic rings. The fraction of sp³-hybridized carbons (Fsp3) is 0.227. The van der Waals surface area contributed by atoms with Crippen molar-refractivity contribution >= 4 is 34.0 Å². The van der Waals surface area contributed by atoms with Crippen molar-refractivity contribution < 1.29 is 9.32 Å². The number of rotatable bonds is 2. The predicted molar refractivity (Wildman–Crippen MR) is 111 cm³/mol. The van der Waals surface area contributed by atoms with Crippen molar-refractivity contribution in [2.45, 2.75) is 26.7 Å². The van der Waals surface area contributed by atoms with Crippen molar-refractivity contribution in [1.82, 2.24) is 10.1 Å². The molecule has 28 heavy (non-hydrogen) atoms. The number of carbonyl (C=O) groups excluding carboxylic acids is 1. The molecule has 1 aliphatic heterocycles. The lowest BCUT2D eigenvalue weighted by atomic mass is 9.98. The molecule has 1 amide bonds. The van der Waals surface area contributed by atoms with Crippen molar-refractivity contribution in [2.24, 2.45) is 0 Å². The first kappa shape index (κ1) is 17.1. The number of aryl methyl sites for hydroxylation is 3. The van der Waals surface area contributed by atoms with Gasteiger partial charge in [-0.3, -0.25) is 4.79 Å². The van der Waals surface area contributed by atoms with Gasteiger partial charge in [-0.1, -0.05) is 28.9 Å². The van der Waals surface area contributed by atoms with Crippen LogP contribution in [-0.2, 0) is 6.42 Å². The minimum atomic E-state index is -0.0266. The molecule has 0 N–H and O–H groups in total. The zero-order valence-electron chi connectivity index (χ0n) is 15.7. The van der Waals surface area contributed by atoms with E-state index in [4.69, 9.17) is 4.52 Å². The Labute approximate surface area is 166 Å². The number of benzene rings is 1. The lowest BCUT2D eigenvalue weighted by molar-refractivity contribution is 0.0986. The zero-order valence-corrected chi connectivity index (χ0v) is 16.5. The summed E-state index contributed by atoms with van der Waals surface area (Å²) in [5.74, 6) is -0.0266. The second kappa shape index (κ2) is 6.56. The molecule has 5 rings (SSSR count). The summed E-state index contributed by atoms with van der Waals surface area (Å²) < 4.78 is 5.42. The number of nitrogens with zero attached hydrogens (tertiary/aromatic N) is 3. The lowest BCUT2D eigenvalue weighted by Gasteiger charge is -2.30. The third-order valence-electron chi connectivity index (χ3n) is 5.22. The minimum absolute atomic E-state index is 0.0266. The standard InChI is InChI=1S/C22H19N3O2S/c1-13-7-8-18-15(11-13)5-3-9-25(18)22(26)16-12-17(19-6-4-10-28-19)23-21-20(16)14(2)24-27-21/h4,6-8,10-12H,3,5,9H2,1-2H3. The van der Waals surface area contributed by atoms with Crippen LogP contribution in [0.25, 0.3) is 21.7 Å². The SMILES string of the molecule is Cc1ccc2c(c1)CCCN2C(=O)c1cc(-c2cccs2)nc2onc(C)c12. The van der Waals surface area contributed by atoms with E-state index >= 15 is 0 Å². The fourth-order valence-electron chi connectivity index (χ4n) is 3.90. The lowest BCUT2D eigenvalue weighted by Crippen LogP contribution is -2.35. The predicted octanol–water partition coefficient (Wildman–Crippen LogP) is 5.16. The van der Waals surface area contributed by atoms with E-state index in [2.05, 4.69) is 35.3 Å². The maximum Gasteiger partial charge on any atom is 0.259 e. The normalized spacial score (nSPS) is 13.7. The van der Waals surface area contributed by atoms with E-state index in [1.807, 2.05) is 35.4 Å². The van der Waals surface area contributed by atoms with Crippen LogP contribution in [0.1, 0.15) is 33.6 Å². The van der Waals surface area contributed by atoms with Gasteiger partial charge >= 0.3 is 0 Å². The van der Waals surface area contributed by atoms with Gasteiger partial charge in [-0.15, -0.1) is 11.3 Å². The zero-order chi connectivity index (χ0) is 19.3. The molecule has 6 heteroatoms. The smallest absolute Gasteiger partial charge is 0.259 e. The largest absolute Gasteiger partial charge is 0.335 e. The second-order valence-electron chi connectivity index (χ2n) is 7.17.